The topological polar surface area (TPSA) is 89.4 Å². The molecule has 1 aliphatic rings. The van der Waals surface area contributed by atoms with E-state index in [0.717, 1.165) is 5.56 Å². The minimum absolute atomic E-state index is 0.0373. The molecule has 0 aliphatic carbocycles. The first-order chi connectivity index (χ1) is 22.3. The van der Waals surface area contributed by atoms with Gasteiger partial charge in [-0.25, -0.2) is 13.9 Å². The minimum atomic E-state index is -0.565. The Labute approximate surface area is 275 Å². The lowest BCUT2D eigenvalue weighted by Gasteiger charge is -2.29. The van der Waals surface area contributed by atoms with Crippen molar-refractivity contribution in [1.29, 1.82) is 0 Å². The predicted molar refractivity (Wildman–Crippen MR) is 175 cm³/mol. The number of fused-ring (bicyclic) bond motifs is 1. The molecule has 0 spiro atoms. The number of rotatable bonds is 7. The lowest BCUT2D eigenvalue weighted by molar-refractivity contribution is 0.0916. The number of benzene rings is 3. The van der Waals surface area contributed by atoms with Crippen molar-refractivity contribution in [2.24, 2.45) is 0 Å². The number of carbonyl (C=O) groups is 2. The third-order valence-corrected chi connectivity index (χ3v) is 8.04. The highest BCUT2D eigenvalue weighted by Gasteiger charge is 2.35. The Balaban J connectivity index is 1.45. The first-order valence-electron chi connectivity index (χ1n) is 14.5. The van der Waals surface area contributed by atoms with E-state index < -0.39 is 18.0 Å². The van der Waals surface area contributed by atoms with E-state index >= 15 is 0 Å². The average Bonchev–Trinajstić information content (AvgIpc) is 3.45. The molecule has 6 rings (SSSR count). The summed E-state index contributed by atoms with van der Waals surface area (Å²) in [4.78, 5) is 33.3. The molecule has 0 fully saturated rings. The highest BCUT2D eigenvalue weighted by atomic mass is 35.5. The molecular weight excluding hydrogens is 628 g/mol. The molecule has 1 atom stereocenters. The second-order valence-electron chi connectivity index (χ2n) is 10.8. The summed E-state index contributed by atoms with van der Waals surface area (Å²) in [7, 11) is 0. The SMILES string of the molecule is CC(NC(=O)c1nn(-c2ccc(Cl)cc2Cl)c2c1CN(C(=O)OCc1ccccc1)C/C2=C\c1ccc(F)cc1)c1ccccn1. The van der Waals surface area contributed by atoms with Crippen LogP contribution in [-0.4, -0.2) is 38.2 Å². The molecule has 0 radical (unpaired) electrons. The van der Waals surface area contributed by atoms with Gasteiger partial charge in [-0.15, -0.1) is 0 Å². The number of nitrogens with one attached hydrogen (secondary N) is 1. The summed E-state index contributed by atoms with van der Waals surface area (Å²) in [6.07, 6.45) is 2.92. The maximum absolute atomic E-state index is 13.9. The largest absolute Gasteiger partial charge is 0.445 e. The molecule has 1 N–H and O–H groups in total. The van der Waals surface area contributed by atoms with Crippen LogP contribution in [0.25, 0.3) is 17.3 Å². The number of carbonyl (C=O) groups excluding carboxylic acids is 2. The molecule has 0 saturated heterocycles. The van der Waals surface area contributed by atoms with Crippen molar-refractivity contribution in [2.75, 3.05) is 6.54 Å². The Morgan fingerprint density at radius 1 is 1.00 bits per heavy atom. The van der Waals surface area contributed by atoms with E-state index in [2.05, 4.69) is 10.3 Å². The third kappa shape index (κ3) is 6.80. The Bertz CT molecular complexity index is 1910. The van der Waals surface area contributed by atoms with Gasteiger partial charge < -0.3 is 10.1 Å². The number of hydrogen-bond donors (Lipinski definition) is 1. The molecule has 46 heavy (non-hydrogen) atoms. The molecule has 0 bridgehead atoms. The van der Waals surface area contributed by atoms with Crippen molar-refractivity contribution in [3.63, 3.8) is 0 Å². The predicted octanol–water partition coefficient (Wildman–Crippen LogP) is 7.90. The Morgan fingerprint density at radius 3 is 2.48 bits per heavy atom. The summed E-state index contributed by atoms with van der Waals surface area (Å²) < 4.78 is 21.1. The zero-order valence-corrected chi connectivity index (χ0v) is 26.2. The molecule has 232 valence electrons. The Kier molecular flexibility index (Phi) is 9.14. The smallest absolute Gasteiger partial charge is 0.410 e. The normalized spacial score (nSPS) is 14.1. The van der Waals surface area contributed by atoms with Crippen LogP contribution < -0.4 is 5.32 Å². The van der Waals surface area contributed by atoms with E-state index in [1.54, 1.807) is 47.3 Å². The number of hydrogen-bond acceptors (Lipinski definition) is 5. The van der Waals surface area contributed by atoms with E-state index in [-0.39, 0.29) is 31.2 Å². The van der Waals surface area contributed by atoms with Crippen LogP contribution in [0, 0.1) is 5.82 Å². The lowest BCUT2D eigenvalue weighted by Crippen LogP contribution is -2.37. The average molecular weight is 657 g/mol. The second kappa shape index (κ2) is 13.6. The van der Waals surface area contributed by atoms with Crippen LogP contribution in [0.1, 0.15) is 51.5 Å². The summed E-state index contributed by atoms with van der Waals surface area (Å²) in [5.74, 6) is -0.838. The van der Waals surface area contributed by atoms with Gasteiger partial charge in [0.05, 0.1) is 41.2 Å². The second-order valence-corrected chi connectivity index (χ2v) is 11.6. The van der Waals surface area contributed by atoms with E-state index in [9.17, 15) is 14.0 Å². The minimum Gasteiger partial charge on any atom is -0.445 e. The maximum Gasteiger partial charge on any atom is 0.410 e. The van der Waals surface area contributed by atoms with E-state index in [1.807, 2.05) is 55.5 Å². The van der Waals surface area contributed by atoms with Crippen molar-refractivity contribution in [3.8, 4) is 5.69 Å². The van der Waals surface area contributed by atoms with Crippen molar-refractivity contribution >= 4 is 46.9 Å². The van der Waals surface area contributed by atoms with Gasteiger partial charge in [0.15, 0.2) is 5.69 Å². The van der Waals surface area contributed by atoms with Crippen LogP contribution in [0.15, 0.2) is 97.2 Å². The quantitative estimate of drug-likeness (QED) is 0.193. The van der Waals surface area contributed by atoms with Gasteiger partial charge in [0.25, 0.3) is 5.91 Å². The highest BCUT2D eigenvalue weighted by molar-refractivity contribution is 6.35. The third-order valence-electron chi connectivity index (χ3n) is 7.50. The lowest BCUT2D eigenvalue weighted by atomic mass is 9.97. The first-order valence-corrected chi connectivity index (χ1v) is 15.2. The van der Waals surface area contributed by atoms with Gasteiger partial charge in [0.2, 0.25) is 0 Å². The highest BCUT2D eigenvalue weighted by Crippen LogP contribution is 2.36. The van der Waals surface area contributed by atoms with Crippen molar-refractivity contribution < 1.29 is 18.7 Å². The molecular formula is C35H28Cl2FN5O3. The fourth-order valence-electron chi connectivity index (χ4n) is 5.25. The van der Waals surface area contributed by atoms with E-state index in [0.29, 0.717) is 43.8 Å². The summed E-state index contributed by atoms with van der Waals surface area (Å²) in [5, 5.41) is 8.51. The monoisotopic (exact) mass is 655 g/mol. The Hall–Kier alpha value is -4.99. The molecule has 5 aromatic rings. The number of nitrogens with zero attached hydrogens (tertiary/aromatic N) is 4. The summed E-state index contributed by atoms with van der Waals surface area (Å²) in [5.41, 5.74) is 4.51. The molecule has 1 aliphatic heterocycles. The van der Waals surface area contributed by atoms with Crippen molar-refractivity contribution in [3.05, 3.63) is 147 Å². The zero-order valence-electron chi connectivity index (χ0n) is 24.7. The van der Waals surface area contributed by atoms with Crippen LogP contribution in [0.3, 0.4) is 0 Å². The zero-order chi connectivity index (χ0) is 32.2. The molecule has 2 aromatic heterocycles. The van der Waals surface area contributed by atoms with Gasteiger partial charge in [-0.3, -0.25) is 14.7 Å². The fraction of sp³-hybridized carbons (Fsp3) is 0.143. The van der Waals surface area contributed by atoms with Crippen LogP contribution in [0.4, 0.5) is 9.18 Å². The van der Waals surface area contributed by atoms with Crippen LogP contribution in [-0.2, 0) is 17.9 Å². The number of amides is 2. The van der Waals surface area contributed by atoms with Gasteiger partial charge in [0.1, 0.15) is 12.4 Å². The van der Waals surface area contributed by atoms with Crippen molar-refractivity contribution in [1.82, 2.24) is 25.0 Å². The van der Waals surface area contributed by atoms with Crippen LogP contribution in [0.2, 0.25) is 10.0 Å². The number of aromatic nitrogens is 3. The molecule has 8 nitrogen and oxygen atoms in total. The maximum atomic E-state index is 13.9. The first kappa shape index (κ1) is 31.0. The molecule has 11 heteroatoms. The van der Waals surface area contributed by atoms with Crippen LogP contribution in [0.5, 0.6) is 0 Å². The Morgan fingerprint density at radius 2 is 1.76 bits per heavy atom. The van der Waals surface area contributed by atoms with Crippen LogP contribution >= 0.6 is 23.2 Å². The van der Waals surface area contributed by atoms with E-state index in [4.69, 9.17) is 33.0 Å². The molecule has 0 saturated carbocycles. The summed E-state index contributed by atoms with van der Waals surface area (Å²) in [6.45, 7) is 2.07. The van der Waals surface area contributed by atoms with E-state index in [1.165, 1.54) is 17.0 Å². The van der Waals surface area contributed by atoms with Gasteiger partial charge in [-0.1, -0.05) is 71.7 Å². The molecule has 3 heterocycles. The van der Waals surface area contributed by atoms with Gasteiger partial charge in [-0.2, -0.15) is 5.10 Å². The summed E-state index contributed by atoms with van der Waals surface area (Å²) >= 11 is 12.9. The van der Waals surface area contributed by atoms with Gasteiger partial charge in [0, 0.05) is 16.8 Å². The van der Waals surface area contributed by atoms with Gasteiger partial charge >= 0.3 is 6.09 Å². The summed E-state index contributed by atoms with van der Waals surface area (Å²) in [6, 6.07) is 25.3. The molecule has 2 amide bonds. The molecule has 3 aromatic carbocycles. The number of halogens is 3. The fourth-order valence-corrected chi connectivity index (χ4v) is 5.74. The number of pyridine rings is 1. The molecule has 1 unspecified atom stereocenters. The van der Waals surface area contributed by atoms with Crippen molar-refractivity contribution in [2.45, 2.75) is 26.1 Å². The standard InChI is InChI=1S/C35H28Cl2FN5O3/c1-22(30-9-5-6-16-39-30)40-34(44)32-28-20-42(35(45)46-21-24-7-3-2-4-8-24)19-25(17-23-10-13-27(38)14-11-23)33(28)43(41-32)31-15-12-26(36)18-29(31)37/h2-18,22H,19-21H2,1H3,(H,40,44)/b25-17+. The number of ether oxygens (including phenoxy) is 1. The van der Waals surface area contributed by atoms with Gasteiger partial charge in [-0.05, 0) is 72.2 Å².